The van der Waals surface area contributed by atoms with Crippen molar-refractivity contribution < 1.29 is 9.13 Å². The number of halogens is 2. The molecule has 0 saturated carbocycles. The van der Waals surface area contributed by atoms with Crippen LogP contribution < -0.4 is 10.5 Å². The standard InChI is InChI=1S/C15H15ClFNO/c1-9-3-5-12(14(17)7-9)15(18)11-6-4-10(19-2)8-13(11)16/h3-8,15H,18H2,1-2H3. The number of benzene rings is 2. The summed E-state index contributed by atoms with van der Waals surface area (Å²) in [6.07, 6.45) is 0. The second-order valence-electron chi connectivity index (χ2n) is 4.39. The van der Waals surface area contributed by atoms with Gasteiger partial charge in [-0.1, -0.05) is 29.8 Å². The summed E-state index contributed by atoms with van der Waals surface area (Å²) in [6.45, 7) is 1.83. The molecule has 1 unspecified atom stereocenters. The Morgan fingerprint density at radius 1 is 1.16 bits per heavy atom. The molecule has 0 aromatic heterocycles. The Morgan fingerprint density at radius 2 is 1.84 bits per heavy atom. The number of methoxy groups -OCH3 is 1. The van der Waals surface area contributed by atoms with Crippen molar-refractivity contribution in [3.63, 3.8) is 0 Å². The van der Waals surface area contributed by atoms with E-state index < -0.39 is 6.04 Å². The van der Waals surface area contributed by atoms with Gasteiger partial charge in [0.25, 0.3) is 0 Å². The largest absolute Gasteiger partial charge is 0.497 e. The first-order valence-electron chi connectivity index (χ1n) is 5.88. The van der Waals surface area contributed by atoms with E-state index in [1.54, 1.807) is 31.4 Å². The maximum Gasteiger partial charge on any atom is 0.128 e. The monoisotopic (exact) mass is 279 g/mol. The van der Waals surface area contributed by atoms with E-state index in [4.69, 9.17) is 22.1 Å². The smallest absolute Gasteiger partial charge is 0.128 e. The van der Waals surface area contributed by atoms with Gasteiger partial charge in [-0.15, -0.1) is 0 Å². The van der Waals surface area contributed by atoms with Crippen LogP contribution in [0.2, 0.25) is 5.02 Å². The van der Waals surface area contributed by atoms with Gasteiger partial charge in [0.2, 0.25) is 0 Å². The highest BCUT2D eigenvalue weighted by atomic mass is 35.5. The van der Waals surface area contributed by atoms with Gasteiger partial charge in [0.05, 0.1) is 13.2 Å². The Labute approximate surface area is 117 Å². The predicted octanol–water partition coefficient (Wildman–Crippen LogP) is 3.84. The first-order chi connectivity index (χ1) is 9.02. The summed E-state index contributed by atoms with van der Waals surface area (Å²) in [7, 11) is 1.56. The zero-order valence-corrected chi connectivity index (χ0v) is 11.5. The summed E-state index contributed by atoms with van der Waals surface area (Å²) in [6, 6.07) is 9.57. The lowest BCUT2D eigenvalue weighted by Crippen LogP contribution is -2.14. The van der Waals surface area contributed by atoms with Crippen LogP contribution in [0.4, 0.5) is 4.39 Å². The molecule has 0 saturated heterocycles. The summed E-state index contributed by atoms with van der Waals surface area (Å²) < 4.78 is 19.0. The van der Waals surface area contributed by atoms with Gasteiger partial charge in [-0.2, -0.15) is 0 Å². The van der Waals surface area contributed by atoms with Crippen molar-refractivity contribution in [1.29, 1.82) is 0 Å². The molecule has 0 spiro atoms. The average Bonchev–Trinajstić information content (AvgIpc) is 2.37. The van der Waals surface area contributed by atoms with Crippen molar-refractivity contribution in [2.24, 2.45) is 5.73 Å². The van der Waals surface area contributed by atoms with Crippen LogP contribution in [0.15, 0.2) is 36.4 Å². The molecule has 0 aliphatic heterocycles. The third-order valence-electron chi connectivity index (χ3n) is 3.03. The number of rotatable bonds is 3. The molecule has 0 fully saturated rings. The zero-order chi connectivity index (χ0) is 14.0. The van der Waals surface area contributed by atoms with Crippen LogP contribution in [0.3, 0.4) is 0 Å². The van der Waals surface area contributed by atoms with Gasteiger partial charge < -0.3 is 10.5 Å². The van der Waals surface area contributed by atoms with Crippen LogP contribution in [-0.4, -0.2) is 7.11 Å². The Bertz CT molecular complexity index is 601. The van der Waals surface area contributed by atoms with Gasteiger partial charge in [-0.25, -0.2) is 4.39 Å². The summed E-state index contributed by atoms with van der Waals surface area (Å²) >= 11 is 6.15. The highest BCUT2D eigenvalue weighted by molar-refractivity contribution is 6.31. The summed E-state index contributed by atoms with van der Waals surface area (Å²) in [4.78, 5) is 0. The molecule has 100 valence electrons. The molecule has 0 heterocycles. The summed E-state index contributed by atoms with van der Waals surface area (Å²) in [5, 5.41) is 0.465. The van der Waals surface area contributed by atoms with E-state index in [1.807, 2.05) is 13.0 Å². The van der Waals surface area contributed by atoms with E-state index in [-0.39, 0.29) is 5.82 Å². The molecule has 2 N–H and O–H groups in total. The van der Waals surface area contributed by atoms with Gasteiger partial charge in [-0.05, 0) is 36.2 Å². The Hall–Kier alpha value is -1.58. The first kappa shape index (κ1) is 13.8. The van der Waals surface area contributed by atoms with Crippen molar-refractivity contribution in [2.45, 2.75) is 13.0 Å². The predicted molar refractivity (Wildman–Crippen MR) is 75.2 cm³/mol. The number of aryl methyl sites for hydroxylation is 1. The molecular weight excluding hydrogens is 265 g/mol. The van der Waals surface area contributed by atoms with Crippen molar-refractivity contribution >= 4 is 11.6 Å². The van der Waals surface area contributed by atoms with E-state index >= 15 is 0 Å². The van der Waals surface area contributed by atoms with Crippen molar-refractivity contribution in [1.82, 2.24) is 0 Å². The van der Waals surface area contributed by atoms with E-state index in [1.165, 1.54) is 6.07 Å². The van der Waals surface area contributed by atoms with Gasteiger partial charge in [0.1, 0.15) is 11.6 Å². The highest BCUT2D eigenvalue weighted by Gasteiger charge is 2.16. The lowest BCUT2D eigenvalue weighted by Gasteiger charge is -2.16. The van der Waals surface area contributed by atoms with Gasteiger partial charge in [0, 0.05) is 10.6 Å². The van der Waals surface area contributed by atoms with E-state index in [0.717, 1.165) is 5.56 Å². The maximum atomic E-state index is 13.9. The van der Waals surface area contributed by atoms with Crippen LogP contribution in [0, 0.1) is 12.7 Å². The molecule has 2 rings (SSSR count). The zero-order valence-electron chi connectivity index (χ0n) is 10.8. The number of hydrogen-bond donors (Lipinski definition) is 1. The van der Waals surface area contributed by atoms with Crippen LogP contribution in [0.1, 0.15) is 22.7 Å². The fourth-order valence-electron chi connectivity index (χ4n) is 1.94. The average molecular weight is 280 g/mol. The maximum absolute atomic E-state index is 13.9. The van der Waals surface area contributed by atoms with Crippen molar-refractivity contribution in [3.8, 4) is 5.75 Å². The van der Waals surface area contributed by atoms with Crippen LogP contribution >= 0.6 is 11.6 Å². The molecule has 4 heteroatoms. The molecule has 2 aromatic carbocycles. The molecule has 2 aromatic rings. The van der Waals surface area contributed by atoms with Gasteiger partial charge in [-0.3, -0.25) is 0 Å². The molecule has 19 heavy (non-hydrogen) atoms. The number of nitrogens with two attached hydrogens (primary N) is 1. The van der Waals surface area contributed by atoms with Crippen LogP contribution in [0.5, 0.6) is 5.75 Å². The molecule has 1 atom stereocenters. The van der Waals surface area contributed by atoms with E-state index in [0.29, 0.717) is 21.9 Å². The summed E-state index contributed by atoms with van der Waals surface area (Å²) in [5.41, 5.74) is 8.05. The van der Waals surface area contributed by atoms with E-state index in [9.17, 15) is 4.39 Å². The minimum absolute atomic E-state index is 0.320. The number of hydrogen-bond acceptors (Lipinski definition) is 2. The molecule has 2 nitrogen and oxygen atoms in total. The molecule has 0 aliphatic rings. The third-order valence-corrected chi connectivity index (χ3v) is 3.36. The summed E-state index contributed by atoms with van der Waals surface area (Å²) in [5.74, 6) is 0.324. The Morgan fingerprint density at radius 3 is 2.42 bits per heavy atom. The highest BCUT2D eigenvalue weighted by Crippen LogP contribution is 2.30. The minimum atomic E-state index is -0.598. The topological polar surface area (TPSA) is 35.2 Å². The lowest BCUT2D eigenvalue weighted by atomic mass is 9.98. The fourth-order valence-corrected chi connectivity index (χ4v) is 2.23. The van der Waals surface area contributed by atoms with Gasteiger partial charge >= 0.3 is 0 Å². The second-order valence-corrected chi connectivity index (χ2v) is 4.80. The normalized spacial score (nSPS) is 12.3. The molecule has 0 radical (unpaired) electrons. The molecule has 0 aliphatic carbocycles. The Kier molecular flexibility index (Phi) is 4.08. The second kappa shape index (κ2) is 5.59. The fraction of sp³-hybridized carbons (Fsp3) is 0.200. The molecule has 0 amide bonds. The third kappa shape index (κ3) is 2.88. The van der Waals surface area contributed by atoms with Crippen LogP contribution in [-0.2, 0) is 0 Å². The SMILES string of the molecule is COc1ccc(C(N)c2ccc(C)cc2F)c(Cl)c1. The van der Waals surface area contributed by atoms with Crippen molar-refractivity contribution in [2.75, 3.05) is 7.11 Å². The van der Waals surface area contributed by atoms with Gasteiger partial charge in [0.15, 0.2) is 0 Å². The minimum Gasteiger partial charge on any atom is -0.497 e. The molecule has 0 bridgehead atoms. The number of ether oxygens (including phenoxy) is 1. The van der Waals surface area contributed by atoms with Crippen LogP contribution in [0.25, 0.3) is 0 Å². The first-order valence-corrected chi connectivity index (χ1v) is 6.26. The molecular formula is C15H15ClFNO. The quantitative estimate of drug-likeness (QED) is 0.926. The van der Waals surface area contributed by atoms with E-state index in [2.05, 4.69) is 0 Å². The van der Waals surface area contributed by atoms with Crippen molar-refractivity contribution in [3.05, 3.63) is 63.9 Å². The Balaban J connectivity index is 2.41. The lowest BCUT2D eigenvalue weighted by molar-refractivity contribution is 0.414.